The van der Waals surface area contributed by atoms with Crippen molar-refractivity contribution in [3.05, 3.63) is 41.3 Å². The van der Waals surface area contributed by atoms with Gasteiger partial charge in [0.1, 0.15) is 5.82 Å². The van der Waals surface area contributed by atoms with Crippen LogP contribution in [0.25, 0.3) is 0 Å². The molecule has 0 fully saturated rings. The van der Waals surface area contributed by atoms with Gasteiger partial charge in [-0.25, -0.2) is 9.07 Å². The molecule has 0 saturated heterocycles. The Balaban J connectivity index is 2.24. The van der Waals surface area contributed by atoms with Crippen LogP contribution in [-0.2, 0) is 13.1 Å². The third kappa shape index (κ3) is 2.70. The molecule has 2 rings (SSSR count). The average Bonchev–Trinajstić information content (AvgIpc) is 2.68. The van der Waals surface area contributed by atoms with Crippen molar-refractivity contribution in [3.8, 4) is 0 Å². The third-order valence-corrected chi connectivity index (χ3v) is 3.14. The number of nitrogens with two attached hydrogens (primary N) is 1. The molecule has 4 nitrogen and oxygen atoms in total. The molecule has 1 heterocycles. The summed E-state index contributed by atoms with van der Waals surface area (Å²) >= 11 is 0. The van der Waals surface area contributed by atoms with Crippen LogP contribution >= 0.6 is 0 Å². The third-order valence-electron chi connectivity index (χ3n) is 3.14. The standard InChI is InChI=1S/C14H19FN4/c1-4-19-14(13(16)10(2)17-19)18(3)9-11-5-7-12(15)8-6-11/h5-8H,4,9,16H2,1-3H3. The van der Waals surface area contributed by atoms with Crippen LogP contribution in [0.4, 0.5) is 15.9 Å². The fourth-order valence-corrected chi connectivity index (χ4v) is 2.14. The van der Waals surface area contributed by atoms with Gasteiger partial charge in [0.15, 0.2) is 5.82 Å². The van der Waals surface area contributed by atoms with E-state index in [1.807, 2.05) is 30.5 Å². The summed E-state index contributed by atoms with van der Waals surface area (Å²) in [5.41, 5.74) is 8.64. The van der Waals surface area contributed by atoms with Crippen molar-refractivity contribution in [2.45, 2.75) is 26.9 Å². The number of nitrogens with zero attached hydrogens (tertiary/aromatic N) is 3. The maximum atomic E-state index is 12.9. The van der Waals surface area contributed by atoms with Crippen LogP contribution in [-0.4, -0.2) is 16.8 Å². The fraction of sp³-hybridized carbons (Fsp3) is 0.357. The highest BCUT2D eigenvalue weighted by Crippen LogP contribution is 2.26. The van der Waals surface area contributed by atoms with Gasteiger partial charge in [-0.05, 0) is 31.5 Å². The van der Waals surface area contributed by atoms with Crippen LogP contribution in [0.1, 0.15) is 18.2 Å². The molecule has 1 aromatic carbocycles. The van der Waals surface area contributed by atoms with Crippen LogP contribution in [0, 0.1) is 12.7 Å². The van der Waals surface area contributed by atoms with Gasteiger partial charge in [0, 0.05) is 20.1 Å². The molecule has 0 aliphatic heterocycles. The van der Waals surface area contributed by atoms with Crippen molar-refractivity contribution in [2.75, 3.05) is 17.7 Å². The van der Waals surface area contributed by atoms with E-state index < -0.39 is 0 Å². The van der Waals surface area contributed by atoms with E-state index in [4.69, 9.17) is 5.73 Å². The van der Waals surface area contributed by atoms with Crippen molar-refractivity contribution in [1.29, 1.82) is 0 Å². The van der Waals surface area contributed by atoms with E-state index in [9.17, 15) is 4.39 Å². The van der Waals surface area contributed by atoms with Gasteiger partial charge in [0.05, 0.1) is 11.4 Å². The maximum Gasteiger partial charge on any atom is 0.150 e. The molecule has 1 aromatic heterocycles. The van der Waals surface area contributed by atoms with Crippen molar-refractivity contribution in [3.63, 3.8) is 0 Å². The van der Waals surface area contributed by atoms with Gasteiger partial charge in [-0.15, -0.1) is 0 Å². The quantitative estimate of drug-likeness (QED) is 0.921. The highest BCUT2D eigenvalue weighted by Gasteiger charge is 2.15. The van der Waals surface area contributed by atoms with Gasteiger partial charge in [-0.1, -0.05) is 12.1 Å². The Morgan fingerprint density at radius 1 is 1.32 bits per heavy atom. The summed E-state index contributed by atoms with van der Waals surface area (Å²) in [5, 5.41) is 4.40. The number of hydrogen-bond donors (Lipinski definition) is 1. The van der Waals surface area contributed by atoms with Gasteiger partial charge in [0.2, 0.25) is 0 Å². The zero-order valence-electron chi connectivity index (χ0n) is 11.5. The second-order valence-electron chi connectivity index (χ2n) is 4.62. The van der Waals surface area contributed by atoms with Gasteiger partial charge < -0.3 is 10.6 Å². The minimum atomic E-state index is -0.222. The molecule has 0 spiro atoms. The predicted molar refractivity (Wildman–Crippen MR) is 75.6 cm³/mol. The van der Waals surface area contributed by atoms with Crippen LogP contribution in [0.2, 0.25) is 0 Å². The Labute approximate surface area is 112 Å². The van der Waals surface area contributed by atoms with E-state index in [1.165, 1.54) is 12.1 Å². The smallest absolute Gasteiger partial charge is 0.150 e. The van der Waals surface area contributed by atoms with Crippen molar-refractivity contribution in [2.24, 2.45) is 0 Å². The number of halogens is 1. The van der Waals surface area contributed by atoms with E-state index in [2.05, 4.69) is 5.10 Å². The lowest BCUT2D eigenvalue weighted by Gasteiger charge is -2.21. The molecule has 19 heavy (non-hydrogen) atoms. The monoisotopic (exact) mass is 262 g/mol. The number of nitrogen functional groups attached to an aromatic ring is 1. The first-order valence-corrected chi connectivity index (χ1v) is 6.31. The average molecular weight is 262 g/mol. The molecule has 0 unspecified atom stereocenters. The molecule has 0 atom stereocenters. The lowest BCUT2D eigenvalue weighted by Crippen LogP contribution is -2.21. The summed E-state index contributed by atoms with van der Waals surface area (Å²) in [4.78, 5) is 2.03. The first-order chi connectivity index (χ1) is 9.02. The highest BCUT2D eigenvalue weighted by molar-refractivity contribution is 5.66. The molecule has 0 aliphatic carbocycles. The van der Waals surface area contributed by atoms with Crippen LogP contribution in [0.3, 0.4) is 0 Å². The SMILES string of the molecule is CCn1nc(C)c(N)c1N(C)Cc1ccc(F)cc1. The molecule has 2 aromatic rings. The summed E-state index contributed by atoms with van der Waals surface area (Å²) in [7, 11) is 1.96. The predicted octanol–water partition coefficient (Wildman–Crippen LogP) is 2.57. The van der Waals surface area contributed by atoms with E-state index >= 15 is 0 Å². The molecule has 0 saturated carbocycles. The summed E-state index contributed by atoms with van der Waals surface area (Å²) < 4.78 is 14.8. The Morgan fingerprint density at radius 2 is 1.95 bits per heavy atom. The number of hydrogen-bond acceptors (Lipinski definition) is 3. The van der Waals surface area contributed by atoms with Crippen LogP contribution < -0.4 is 10.6 Å². The number of aryl methyl sites for hydroxylation is 2. The molecule has 0 radical (unpaired) electrons. The van der Waals surface area contributed by atoms with E-state index in [0.29, 0.717) is 12.2 Å². The maximum absolute atomic E-state index is 12.9. The fourth-order valence-electron chi connectivity index (χ4n) is 2.14. The summed E-state index contributed by atoms with van der Waals surface area (Å²) in [5.74, 6) is 0.685. The van der Waals surface area contributed by atoms with E-state index in [-0.39, 0.29) is 5.82 Å². The summed E-state index contributed by atoms with van der Waals surface area (Å²) in [6.45, 7) is 5.36. The number of benzene rings is 1. The second kappa shape index (κ2) is 5.30. The first kappa shape index (κ1) is 13.4. The summed E-state index contributed by atoms with van der Waals surface area (Å²) in [6.07, 6.45) is 0. The Kier molecular flexibility index (Phi) is 3.74. The molecular weight excluding hydrogens is 243 g/mol. The Bertz CT molecular complexity index is 560. The Hall–Kier alpha value is -2.04. The first-order valence-electron chi connectivity index (χ1n) is 6.31. The molecule has 0 amide bonds. The lowest BCUT2D eigenvalue weighted by molar-refractivity contribution is 0.625. The van der Waals surface area contributed by atoms with Crippen molar-refractivity contribution >= 4 is 11.5 Å². The van der Waals surface area contributed by atoms with Gasteiger partial charge in [0.25, 0.3) is 0 Å². The Morgan fingerprint density at radius 3 is 2.53 bits per heavy atom. The van der Waals surface area contributed by atoms with Gasteiger partial charge in [-0.3, -0.25) is 0 Å². The van der Waals surface area contributed by atoms with Crippen LogP contribution in [0.15, 0.2) is 24.3 Å². The van der Waals surface area contributed by atoms with Gasteiger partial charge in [-0.2, -0.15) is 5.10 Å². The van der Waals surface area contributed by atoms with Gasteiger partial charge >= 0.3 is 0 Å². The summed E-state index contributed by atoms with van der Waals surface area (Å²) in [6, 6.07) is 6.49. The molecule has 5 heteroatoms. The number of rotatable bonds is 4. The zero-order valence-corrected chi connectivity index (χ0v) is 11.5. The minimum Gasteiger partial charge on any atom is -0.394 e. The molecular formula is C14H19FN4. The molecule has 0 aliphatic rings. The molecule has 102 valence electrons. The number of aromatic nitrogens is 2. The second-order valence-corrected chi connectivity index (χ2v) is 4.62. The molecule has 2 N–H and O–H groups in total. The van der Waals surface area contributed by atoms with E-state index in [0.717, 1.165) is 23.6 Å². The topological polar surface area (TPSA) is 47.1 Å². The van der Waals surface area contributed by atoms with E-state index in [1.54, 1.807) is 12.1 Å². The number of anilines is 2. The van der Waals surface area contributed by atoms with Crippen molar-refractivity contribution < 1.29 is 4.39 Å². The van der Waals surface area contributed by atoms with Crippen molar-refractivity contribution in [1.82, 2.24) is 9.78 Å². The minimum absolute atomic E-state index is 0.222. The normalized spacial score (nSPS) is 10.7. The molecule has 0 bridgehead atoms. The lowest BCUT2D eigenvalue weighted by atomic mass is 10.2. The highest BCUT2D eigenvalue weighted by atomic mass is 19.1. The largest absolute Gasteiger partial charge is 0.394 e. The zero-order chi connectivity index (χ0) is 14.0. The van der Waals surface area contributed by atoms with Crippen LogP contribution in [0.5, 0.6) is 0 Å².